The average Bonchev–Trinajstić information content (AvgIpc) is 2.32. The van der Waals surface area contributed by atoms with Crippen molar-refractivity contribution in [3.05, 3.63) is 29.6 Å². The van der Waals surface area contributed by atoms with Gasteiger partial charge in [0, 0.05) is 25.3 Å². The third-order valence-corrected chi connectivity index (χ3v) is 2.22. The quantitative estimate of drug-likeness (QED) is 0.586. The van der Waals surface area contributed by atoms with Crippen LogP contribution in [0.25, 0.3) is 0 Å². The largest absolute Gasteiger partial charge is 0.396 e. The Kier molecular flexibility index (Phi) is 5.42. The summed E-state index contributed by atoms with van der Waals surface area (Å²) in [5.41, 5.74) is 5.63. The number of benzene rings is 1. The first kappa shape index (κ1) is 13.4. The van der Waals surface area contributed by atoms with Crippen LogP contribution in [0, 0.1) is 5.82 Å². The van der Waals surface area contributed by atoms with Gasteiger partial charge in [0.25, 0.3) is 5.91 Å². The predicted octanol–water partition coefficient (Wildman–Crippen LogP) is 1.56. The number of rotatable bonds is 6. The SMILES string of the molecule is CCOCCCNC(=O)c1ccc(N)c(F)c1. The number of carbonyl (C=O) groups excluding carboxylic acids is 1. The van der Waals surface area contributed by atoms with E-state index in [0.29, 0.717) is 19.8 Å². The number of nitrogen functional groups attached to an aromatic ring is 1. The zero-order valence-corrected chi connectivity index (χ0v) is 9.83. The Morgan fingerprint density at radius 2 is 2.29 bits per heavy atom. The van der Waals surface area contributed by atoms with Crippen LogP contribution in [0.3, 0.4) is 0 Å². The van der Waals surface area contributed by atoms with Gasteiger partial charge in [-0.3, -0.25) is 4.79 Å². The molecule has 0 aliphatic heterocycles. The summed E-state index contributed by atoms with van der Waals surface area (Å²) >= 11 is 0. The standard InChI is InChI=1S/C12H17FN2O2/c1-2-17-7-3-6-15-12(16)9-4-5-11(14)10(13)8-9/h4-5,8H,2-3,6-7,14H2,1H3,(H,15,16). The van der Waals surface area contributed by atoms with Crippen LogP contribution in [-0.2, 0) is 4.74 Å². The molecule has 0 unspecified atom stereocenters. The number of amides is 1. The molecule has 0 radical (unpaired) electrons. The van der Waals surface area contributed by atoms with Crippen LogP contribution >= 0.6 is 0 Å². The lowest BCUT2D eigenvalue weighted by atomic mass is 10.2. The summed E-state index contributed by atoms with van der Waals surface area (Å²) < 4.78 is 18.2. The van der Waals surface area contributed by atoms with Gasteiger partial charge in [0.1, 0.15) is 5.82 Å². The van der Waals surface area contributed by atoms with Crippen LogP contribution in [0.15, 0.2) is 18.2 Å². The van der Waals surface area contributed by atoms with Gasteiger partial charge in [-0.15, -0.1) is 0 Å². The number of hydrogen-bond acceptors (Lipinski definition) is 3. The second-order valence-electron chi connectivity index (χ2n) is 3.54. The minimum atomic E-state index is -0.577. The summed E-state index contributed by atoms with van der Waals surface area (Å²) in [6.07, 6.45) is 0.733. The number of anilines is 1. The lowest BCUT2D eigenvalue weighted by molar-refractivity contribution is 0.0944. The minimum Gasteiger partial charge on any atom is -0.396 e. The van der Waals surface area contributed by atoms with E-state index in [-0.39, 0.29) is 17.2 Å². The van der Waals surface area contributed by atoms with Crippen molar-refractivity contribution in [2.24, 2.45) is 0 Å². The maximum absolute atomic E-state index is 13.1. The van der Waals surface area contributed by atoms with Gasteiger partial charge < -0.3 is 15.8 Å². The van der Waals surface area contributed by atoms with E-state index >= 15 is 0 Å². The van der Waals surface area contributed by atoms with Crippen molar-refractivity contribution in [2.75, 3.05) is 25.5 Å². The molecule has 3 N–H and O–H groups in total. The van der Waals surface area contributed by atoms with Crippen LogP contribution in [-0.4, -0.2) is 25.7 Å². The van der Waals surface area contributed by atoms with Gasteiger partial charge in [-0.2, -0.15) is 0 Å². The topological polar surface area (TPSA) is 64.3 Å². The lowest BCUT2D eigenvalue weighted by Crippen LogP contribution is -2.25. The van der Waals surface area contributed by atoms with E-state index in [0.717, 1.165) is 12.5 Å². The molecule has 0 spiro atoms. The summed E-state index contributed by atoms with van der Waals surface area (Å²) in [6, 6.07) is 4.01. The minimum absolute atomic E-state index is 0.0397. The van der Waals surface area contributed by atoms with Crippen molar-refractivity contribution >= 4 is 11.6 Å². The smallest absolute Gasteiger partial charge is 0.251 e. The number of hydrogen-bond donors (Lipinski definition) is 2. The molecule has 94 valence electrons. The first-order valence-electron chi connectivity index (χ1n) is 5.56. The fourth-order valence-corrected chi connectivity index (χ4v) is 1.29. The maximum atomic E-state index is 13.1. The number of nitrogens with two attached hydrogens (primary N) is 1. The van der Waals surface area contributed by atoms with Gasteiger partial charge in [0.05, 0.1) is 5.69 Å². The van der Waals surface area contributed by atoms with E-state index in [2.05, 4.69) is 5.32 Å². The summed E-state index contributed by atoms with van der Waals surface area (Å²) in [6.45, 7) is 3.69. The Balaban J connectivity index is 2.39. The number of carbonyl (C=O) groups is 1. The molecule has 0 heterocycles. The zero-order valence-electron chi connectivity index (χ0n) is 9.83. The molecule has 17 heavy (non-hydrogen) atoms. The van der Waals surface area contributed by atoms with E-state index in [9.17, 15) is 9.18 Å². The van der Waals surface area contributed by atoms with Crippen molar-refractivity contribution in [3.8, 4) is 0 Å². The van der Waals surface area contributed by atoms with Gasteiger partial charge in [-0.25, -0.2) is 4.39 Å². The van der Waals surface area contributed by atoms with Crippen molar-refractivity contribution in [2.45, 2.75) is 13.3 Å². The summed E-state index contributed by atoms with van der Waals surface area (Å²) in [4.78, 5) is 11.6. The first-order chi connectivity index (χ1) is 8.15. The Hall–Kier alpha value is -1.62. The molecule has 5 heteroatoms. The van der Waals surface area contributed by atoms with Crippen LogP contribution in [0.2, 0.25) is 0 Å². The Morgan fingerprint density at radius 1 is 1.53 bits per heavy atom. The van der Waals surface area contributed by atoms with Gasteiger partial charge in [0.2, 0.25) is 0 Å². The summed E-state index contributed by atoms with van der Waals surface area (Å²) in [5.74, 6) is -0.882. The van der Waals surface area contributed by atoms with Gasteiger partial charge >= 0.3 is 0 Å². The molecule has 0 fully saturated rings. The first-order valence-corrected chi connectivity index (χ1v) is 5.56. The predicted molar refractivity (Wildman–Crippen MR) is 64.3 cm³/mol. The fourth-order valence-electron chi connectivity index (χ4n) is 1.29. The summed E-state index contributed by atoms with van der Waals surface area (Å²) in [5, 5.41) is 2.68. The highest BCUT2D eigenvalue weighted by Gasteiger charge is 2.07. The van der Waals surface area contributed by atoms with E-state index in [1.807, 2.05) is 6.92 Å². The highest BCUT2D eigenvalue weighted by Crippen LogP contribution is 2.11. The fraction of sp³-hybridized carbons (Fsp3) is 0.417. The van der Waals surface area contributed by atoms with E-state index < -0.39 is 5.82 Å². The average molecular weight is 240 g/mol. The summed E-state index contributed by atoms with van der Waals surface area (Å²) in [7, 11) is 0. The molecule has 0 aromatic heterocycles. The highest BCUT2D eigenvalue weighted by molar-refractivity contribution is 5.94. The Morgan fingerprint density at radius 3 is 2.94 bits per heavy atom. The number of ether oxygens (including phenoxy) is 1. The highest BCUT2D eigenvalue weighted by atomic mass is 19.1. The Labute approximate surface area is 100.0 Å². The molecule has 0 bridgehead atoms. The zero-order chi connectivity index (χ0) is 12.7. The van der Waals surface area contributed by atoms with Crippen LogP contribution in [0.4, 0.5) is 10.1 Å². The lowest BCUT2D eigenvalue weighted by Gasteiger charge is -2.06. The Bertz CT molecular complexity index is 383. The molecule has 0 saturated heterocycles. The molecule has 1 rings (SSSR count). The van der Waals surface area contributed by atoms with Gasteiger partial charge in [-0.1, -0.05) is 0 Å². The molecular weight excluding hydrogens is 223 g/mol. The van der Waals surface area contributed by atoms with Crippen LogP contribution < -0.4 is 11.1 Å². The molecule has 1 aromatic carbocycles. The van der Waals surface area contributed by atoms with E-state index in [1.165, 1.54) is 12.1 Å². The van der Waals surface area contributed by atoms with Crippen molar-refractivity contribution in [1.82, 2.24) is 5.32 Å². The van der Waals surface area contributed by atoms with Gasteiger partial charge in [-0.05, 0) is 31.5 Å². The van der Waals surface area contributed by atoms with Crippen LogP contribution in [0.1, 0.15) is 23.7 Å². The van der Waals surface area contributed by atoms with E-state index in [1.54, 1.807) is 0 Å². The molecule has 0 aliphatic carbocycles. The van der Waals surface area contributed by atoms with Crippen molar-refractivity contribution in [1.29, 1.82) is 0 Å². The second kappa shape index (κ2) is 6.85. The molecule has 1 amide bonds. The van der Waals surface area contributed by atoms with E-state index in [4.69, 9.17) is 10.5 Å². The van der Waals surface area contributed by atoms with Crippen molar-refractivity contribution < 1.29 is 13.9 Å². The third-order valence-electron chi connectivity index (χ3n) is 2.22. The second-order valence-corrected chi connectivity index (χ2v) is 3.54. The molecular formula is C12H17FN2O2. The normalized spacial score (nSPS) is 10.2. The monoisotopic (exact) mass is 240 g/mol. The number of nitrogens with one attached hydrogen (secondary N) is 1. The van der Waals surface area contributed by atoms with Crippen molar-refractivity contribution in [3.63, 3.8) is 0 Å². The van der Waals surface area contributed by atoms with Gasteiger partial charge in [0.15, 0.2) is 0 Å². The number of halogens is 1. The van der Waals surface area contributed by atoms with Crippen LogP contribution in [0.5, 0.6) is 0 Å². The molecule has 1 aromatic rings. The molecule has 4 nitrogen and oxygen atoms in total. The maximum Gasteiger partial charge on any atom is 0.251 e. The molecule has 0 aliphatic rings. The molecule has 0 atom stereocenters. The third kappa shape index (κ3) is 4.40. The molecule has 0 saturated carbocycles.